The van der Waals surface area contributed by atoms with Gasteiger partial charge in [-0.3, -0.25) is 0 Å². The molecule has 1 atom stereocenters. The predicted molar refractivity (Wildman–Crippen MR) is 62.8 cm³/mol. The Kier molecular flexibility index (Phi) is 8.88. The first-order valence-electron chi connectivity index (χ1n) is 5.34. The van der Waals surface area contributed by atoms with E-state index >= 15 is 0 Å². The summed E-state index contributed by atoms with van der Waals surface area (Å²) < 4.78 is 10.2. The van der Waals surface area contributed by atoms with E-state index in [4.69, 9.17) is 20.4 Å². The molecule has 0 heterocycles. The van der Waals surface area contributed by atoms with Crippen molar-refractivity contribution in [2.45, 2.75) is 6.92 Å². The number of hydrogen-bond donors (Lipinski definition) is 2. The van der Waals surface area contributed by atoms with Gasteiger partial charge in [-0.05, 0) is 7.05 Å². The van der Waals surface area contributed by atoms with Crippen molar-refractivity contribution in [1.29, 1.82) is 0 Å². The highest BCUT2D eigenvalue weighted by atomic mass is 16.5. The molecule has 0 aliphatic heterocycles. The van der Waals surface area contributed by atoms with E-state index in [1.807, 2.05) is 14.0 Å². The molecule has 0 spiro atoms. The van der Waals surface area contributed by atoms with Crippen molar-refractivity contribution in [3.8, 4) is 0 Å². The summed E-state index contributed by atoms with van der Waals surface area (Å²) in [6, 6.07) is 0. The molecular weight excluding hydrogens is 210 g/mol. The minimum atomic E-state index is 0.0361. The van der Waals surface area contributed by atoms with Crippen LogP contribution in [0.4, 0.5) is 0 Å². The molecule has 3 N–H and O–H groups in total. The standard InChI is InChI=1S/C10H23N3O3/c1-9(10(11)12-14)8-13(2)4-5-16-7-6-15-3/h9,14H,4-8H2,1-3H3,(H2,11,12). The lowest BCUT2D eigenvalue weighted by Gasteiger charge is -2.20. The Balaban J connectivity index is 3.54. The highest BCUT2D eigenvalue weighted by Crippen LogP contribution is 1.97. The van der Waals surface area contributed by atoms with Crippen molar-refractivity contribution < 1.29 is 14.7 Å². The molecule has 96 valence electrons. The third kappa shape index (κ3) is 7.44. The monoisotopic (exact) mass is 233 g/mol. The molecule has 6 nitrogen and oxygen atoms in total. The zero-order valence-corrected chi connectivity index (χ0v) is 10.3. The van der Waals surface area contributed by atoms with Crippen LogP contribution >= 0.6 is 0 Å². The van der Waals surface area contributed by atoms with Crippen LogP contribution < -0.4 is 5.73 Å². The van der Waals surface area contributed by atoms with Gasteiger partial charge in [0.15, 0.2) is 0 Å². The van der Waals surface area contributed by atoms with Crippen LogP contribution in [0, 0.1) is 5.92 Å². The third-order valence-electron chi connectivity index (χ3n) is 2.26. The molecular formula is C10H23N3O3. The van der Waals surface area contributed by atoms with E-state index in [9.17, 15) is 0 Å². The van der Waals surface area contributed by atoms with Crippen LogP contribution in [-0.4, -0.2) is 63.0 Å². The largest absolute Gasteiger partial charge is 0.409 e. The van der Waals surface area contributed by atoms with Gasteiger partial charge < -0.3 is 25.3 Å². The quantitative estimate of drug-likeness (QED) is 0.192. The van der Waals surface area contributed by atoms with Crippen LogP contribution in [0.25, 0.3) is 0 Å². The van der Waals surface area contributed by atoms with E-state index in [2.05, 4.69) is 10.1 Å². The summed E-state index contributed by atoms with van der Waals surface area (Å²) >= 11 is 0. The number of oxime groups is 1. The zero-order chi connectivity index (χ0) is 12.4. The third-order valence-corrected chi connectivity index (χ3v) is 2.26. The van der Waals surface area contributed by atoms with Crippen molar-refractivity contribution in [3.05, 3.63) is 0 Å². The molecule has 0 aromatic carbocycles. The molecule has 0 saturated carbocycles. The van der Waals surface area contributed by atoms with E-state index in [1.54, 1.807) is 7.11 Å². The molecule has 0 amide bonds. The molecule has 1 unspecified atom stereocenters. The normalized spacial score (nSPS) is 14.4. The molecule has 0 aliphatic carbocycles. The van der Waals surface area contributed by atoms with Crippen molar-refractivity contribution >= 4 is 5.84 Å². The highest BCUT2D eigenvalue weighted by molar-refractivity contribution is 5.82. The number of nitrogens with two attached hydrogens (primary N) is 1. The summed E-state index contributed by atoms with van der Waals surface area (Å²) in [5.41, 5.74) is 5.48. The number of hydrogen-bond acceptors (Lipinski definition) is 5. The Bertz CT molecular complexity index is 200. The van der Waals surface area contributed by atoms with Crippen molar-refractivity contribution in [3.63, 3.8) is 0 Å². The van der Waals surface area contributed by atoms with Gasteiger partial charge in [0.2, 0.25) is 0 Å². The molecule has 0 saturated heterocycles. The first-order valence-corrected chi connectivity index (χ1v) is 5.34. The van der Waals surface area contributed by atoms with Crippen LogP contribution in [0.5, 0.6) is 0 Å². The lowest BCUT2D eigenvalue weighted by atomic mass is 10.1. The van der Waals surface area contributed by atoms with Gasteiger partial charge in [0.05, 0.1) is 19.8 Å². The van der Waals surface area contributed by atoms with Gasteiger partial charge in [0, 0.05) is 26.1 Å². The highest BCUT2D eigenvalue weighted by Gasteiger charge is 2.10. The van der Waals surface area contributed by atoms with Gasteiger partial charge in [-0.15, -0.1) is 0 Å². The van der Waals surface area contributed by atoms with Crippen LogP contribution in [0.2, 0.25) is 0 Å². The lowest BCUT2D eigenvalue weighted by Crippen LogP contribution is -2.34. The Labute approximate surface area is 97.0 Å². The molecule has 0 bridgehead atoms. The maximum atomic E-state index is 8.50. The van der Waals surface area contributed by atoms with E-state index < -0.39 is 0 Å². The van der Waals surface area contributed by atoms with E-state index in [1.165, 1.54) is 0 Å². The zero-order valence-electron chi connectivity index (χ0n) is 10.3. The van der Waals surface area contributed by atoms with Crippen LogP contribution in [0.3, 0.4) is 0 Å². The number of likely N-dealkylation sites (N-methyl/N-ethyl adjacent to an activating group) is 1. The topological polar surface area (TPSA) is 80.3 Å². The lowest BCUT2D eigenvalue weighted by molar-refractivity contribution is 0.0599. The molecule has 6 heteroatoms. The Morgan fingerprint density at radius 2 is 2.12 bits per heavy atom. The second-order valence-electron chi connectivity index (χ2n) is 3.79. The second kappa shape index (κ2) is 9.38. The maximum Gasteiger partial charge on any atom is 0.143 e. The SMILES string of the molecule is COCCOCCN(C)CC(C)C(N)=NO. The average Bonchev–Trinajstić information content (AvgIpc) is 2.27. The minimum absolute atomic E-state index is 0.0361. The van der Waals surface area contributed by atoms with Gasteiger partial charge >= 0.3 is 0 Å². The van der Waals surface area contributed by atoms with Crippen molar-refractivity contribution in [2.75, 3.05) is 47.1 Å². The molecule has 0 aliphatic rings. The van der Waals surface area contributed by atoms with Gasteiger partial charge in [-0.2, -0.15) is 0 Å². The summed E-state index contributed by atoms with van der Waals surface area (Å²) in [4.78, 5) is 2.08. The summed E-state index contributed by atoms with van der Waals surface area (Å²) in [5, 5.41) is 11.5. The Hall–Kier alpha value is -0.850. The molecule has 0 aromatic rings. The second-order valence-corrected chi connectivity index (χ2v) is 3.79. The number of methoxy groups -OCH3 is 1. The summed E-state index contributed by atoms with van der Waals surface area (Å²) in [6.45, 7) is 5.35. The van der Waals surface area contributed by atoms with Gasteiger partial charge in [0.1, 0.15) is 5.84 Å². The number of amidine groups is 1. The maximum absolute atomic E-state index is 8.50. The van der Waals surface area contributed by atoms with Crippen LogP contribution in [-0.2, 0) is 9.47 Å². The van der Waals surface area contributed by atoms with Gasteiger partial charge in [0.25, 0.3) is 0 Å². The van der Waals surface area contributed by atoms with Gasteiger partial charge in [-0.25, -0.2) is 0 Å². The van der Waals surface area contributed by atoms with Crippen LogP contribution in [0.1, 0.15) is 6.92 Å². The molecule has 16 heavy (non-hydrogen) atoms. The Morgan fingerprint density at radius 1 is 1.44 bits per heavy atom. The van der Waals surface area contributed by atoms with Crippen molar-refractivity contribution in [2.24, 2.45) is 16.8 Å². The number of nitrogens with zero attached hydrogens (tertiary/aromatic N) is 2. The number of rotatable bonds is 9. The average molecular weight is 233 g/mol. The first-order chi connectivity index (χ1) is 7.61. The van der Waals surface area contributed by atoms with E-state index in [-0.39, 0.29) is 11.8 Å². The minimum Gasteiger partial charge on any atom is -0.409 e. The van der Waals surface area contributed by atoms with Crippen molar-refractivity contribution in [1.82, 2.24) is 4.90 Å². The fourth-order valence-electron chi connectivity index (χ4n) is 1.22. The Morgan fingerprint density at radius 3 is 2.69 bits per heavy atom. The molecule has 0 radical (unpaired) electrons. The molecule has 0 aromatic heterocycles. The molecule has 0 fully saturated rings. The van der Waals surface area contributed by atoms with Gasteiger partial charge in [-0.1, -0.05) is 12.1 Å². The summed E-state index contributed by atoms with van der Waals surface area (Å²) in [7, 11) is 3.62. The fraction of sp³-hybridized carbons (Fsp3) is 0.900. The predicted octanol–water partition coefficient (Wildman–Crippen LogP) is -0.0363. The fourth-order valence-corrected chi connectivity index (χ4v) is 1.22. The summed E-state index contributed by atoms with van der Waals surface area (Å²) in [6.07, 6.45) is 0. The van der Waals surface area contributed by atoms with Crippen LogP contribution in [0.15, 0.2) is 5.16 Å². The first kappa shape index (κ1) is 15.2. The molecule has 0 rings (SSSR count). The number of ether oxygens (including phenoxy) is 2. The van der Waals surface area contributed by atoms with E-state index in [0.29, 0.717) is 19.8 Å². The smallest absolute Gasteiger partial charge is 0.143 e. The summed E-state index contributed by atoms with van der Waals surface area (Å²) in [5.74, 6) is 0.293. The van der Waals surface area contributed by atoms with E-state index in [0.717, 1.165) is 13.1 Å².